The van der Waals surface area contributed by atoms with Crippen LogP contribution in [0, 0.1) is 6.92 Å². The third-order valence-electron chi connectivity index (χ3n) is 6.76. The highest BCUT2D eigenvalue weighted by atomic mass is 32.2. The fraction of sp³-hybridized carbons (Fsp3) is 0.355. The van der Waals surface area contributed by atoms with Gasteiger partial charge in [-0.05, 0) is 55.7 Å². The molecular formula is C31H39N3O5S. The van der Waals surface area contributed by atoms with E-state index in [1.54, 1.807) is 43.5 Å². The lowest BCUT2D eigenvalue weighted by Gasteiger charge is -2.34. The number of methoxy groups -OCH3 is 1. The summed E-state index contributed by atoms with van der Waals surface area (Å²) in [6, 6.07) is 22.7. The molecule has 40 heavy (non-hydrogen) atoms. The fourth-order valence-electron chi connectivity index (χ4n) is 4.29. The molecule has 0 bridgehead atoms. The first-order valence-electron chi connectivity index (χ1n) is 13.3. The van der Waals surface area contributed by atoms with Crippen molar-refractivity contribution in [1.29, 1.82) is 0 Å². The molecule has 3 aromatic carbocycles. The van der Waals surface area contributed by atoms with Crippen molar-refractivity contribution in [3.05, 3.63) is 95.6 Å². The lowest BCUT2D eigenvalue weighted by molar-refractivity contribution is -0.140. The van der Waals surface area contributed by atoms with Crippen molar-refractivity contribution in [1.82, 2.24) is 10.2 Å². The second-order valence-corrected chi connectivity index (χ2v) is 11.9. The van der Waals surface area contributed by atoms with Gasteiger partial charge < -0.3 is 15.0 Å². The highest BCUT2D eigenvalue weighted by molar-refractivity contribution is 7.92. The summed E-state index contributed by atoms with van der Waals surface area (Å²) in [5, 5.41) is 3.03. The summed E-state index contributed by atoms with van der Waals surface area (Å²) < 4.78 is 32.2. The molecule has 2 atom stereocenters. The van der Waals surface area contributed by atoms with Gasteiger partial charge in [0.05, 0.1) is 19.1 Å². The van der Waals surface area contributed by atoms with E-state index in [0.717, 1.165) is 33.7 Å². The zero-order valence-electron chi connectivity index (χ0n) is 23.8. The molecule has 0 aliphatic rings. The molecule has 9 heteroatoms. The number of amides is 2. The quantitative estimate of drug-likeness (QED) is 0.333. The number of rotatable bonds is 13. The minimum atomic E-state index is -3.81. The number of hydrogen-bond acceptors (Lipinski definition) is 5. The number of benzene rings is 3. The Balaban J connectivity index is 2.06. The van der Waals surface area contributed by atoms with Crippen LogP contribution in [0.2, 0.25) is 0 Å². The van der Waals surface area contributed by atoms with E-state index < -0.39 is 28.5 Å². The SMILES string of the molecule is CC[C@H](C)NC(=O)[C@H](Cc1ccccc1)N(Cc1cccc(OC)c1)C(=O)CN(c1ccc(C)cc1)S(C)(=O)=O. The van der Waals surface area contributed by atoms with Gasteiger partial charge in [-0.1, -0.05) is 67.1 Å². The topological polar surface area (TPSA) is 96.0 Å². The minimum absolute atomic E-state index is 0.0902. The summed E-state index contributed by atoms with van der Waals surface area (Å²) in [5.74, 6) is -0.171. The molecule has 3 rings (SSSR count). The lowest BCUT2D eigenvalue weighted by Crippen LogP contribution is -2.54. The predicted octanol–water partition coefficient (Wildman–Crippen LogP) is 4.32. The van der Waals surface area contributed by atoms with E-state index in [1.165, 1.54) is 4.90 Å². The van der Waals surface area contributed by atoms with Gasteiger partial charge in [0.1, 0.15) is 18.3 Å². The molecule has 0 aromatic heterocycles. The van der Waals surface area contributed by atoms with E-state index >= 15 is 0 Å². The number of aryl methyl sites for hydroxylation is 1. The van der Waals surface area contributed by atoms with Gasteiger partial charge in [-0.15, -0.1) is 0 Å². The Bertz CT molecular complexity index is 1380. The van der Waals surface area contributed by atoms with Crippen LogP contribution < -0.4 is 14.4 Å². The zero-order chi connectivity index (χ0) is 29.3. The van der Waals surface area contributed by atoms with Gasteiger partial charge in [0.2, 0.25) is 21.8 Å². The van der Waals surface area contributed by atoms with E-state index in [0.29, 0.717) is 11.4 Å². The van der Waals surface area contributed by atoms with Crippen molar-refractivity contribution in [3.8, 4) is 5.75 Å². The summed E-state index contributed by atoms with van der Waals surface area (Å²) >= 11 is 0. The Morgan fingerprint density at radius 2 is 1.60 bits per heavy atom. The van der Waals surface area contributed by atoms with E-state index in [9.17, 15) is 18.0 Å². The number of sulfonamides is 1. The highest BCUT2D eigenvalue weighted by Gasteiger charge is 2.33. The maximum atomic E-state index is 14.1. The van der Waals surface area contributed by atoms with E-state index in [4.69, 9.17) is 4.74 Å². The number of carbonyl (C=O) groups excluding carboxylic acids is 2. The van der Waals surface area contributed by atoms with Gasteiger partial charge in [-0.2, -0.15) is 0 Å². The van der Waals surface area contributed by atoms with Crippen molar-refractivity contribution in [2.75, 3.05) is 24.2 Å². The highest BCUT2D eigenvalue weighted by Crippen LogP contribution is 2.22. The molecule has 0 fully saturated rings. The van der Waals surface area contributed by atoms with Gasteiger partial charge in [-0.25, -0.2) is 8.42 Å². The Morgan fingerprint density at radius 1 is 0.950 bits per heavy atom. The van der Waals surface area contributed by atoms with E-state index in [2.05, 4.69) is 5.32 Å². The molecule has 0 saturated heterocycles. The van der Waals surface area contributed by atoms with Crippen LogP contribution in [-0.4, -0.2) is 57.1 Å². The number of ether oxygens (including phenoxy) is 1. The Kier molecular flexibility index (Phi) is 10.7. The molecule has 0 spiro atoms. The third kappa shape index (κ3) is 8.58. The van der Waals surface area contributed by atoms with E-state index in [-0.39, 0.29) is 24.9 Å². The molecule has 3 aromatic rings. The molecule has 0 unspecified atom stereocenters. The standard InChI is InChI=1S/C31H39N3O5S/c1-6-24(3)32-31(36)29(20-25-11-8-7-9-12-25)33(21-26-13-10-14-28(19-26)39-4)30(35)22-34(40(5,37)38)27-17-15-23(2)16-18-27/h7-19,24,29H,6,20-22H2,1-5H3,(H,32,36)/t24-,29-/m0/s1. The Labute approximate surface area is 238 Å². The Morgan fingerprint density at radius 3 is 2.20 bits per heavy atom. The van der Waals surface area contributed by atoms with Gasteiger partial charge in [-0.3, -0.25) is 13.9 Å². The Hall–Kier alpha value is -3.85. The number of carbonyl (C=O) groups is 2. The van der Waals surface area contributed by atoms with Gasteiger partial charge in [0, 0.05) is 19.0 Å². The number of nitrogens with zero attached hydrogens (tertiary/aromatic N) is 2. The van der Waals surface area contributed by atoms with Crippen LogP contribution in [0.25, 0.3) is 0 Å². The first-order valence-corrected chi connectivity index (χ1v) is 15.2. The lowest BCUT2D eigenvalue weighted by atomic mass is 10.0. The first kappa shape index (κ1) is 30.7. The summed E-state index contributed by atoms with van der Waals surface area (Å²) in [7, 11) is -2.24. The predicted molar refractivity (Wildman–Crippen MR) is 159 cm³/mol. The number of nitrogens with one attached hydrogen (secondary N) is 1. The van der Waals surface area contributed by atoms with Crippen LogP contribution in [0.3, 0.4) is 0 Å². The van der Waals surface area contributed by atoms with Crippen LogP contribution in [0.1, 0.15) is 37.0 Å². The molecule has 0 radical (unpaired) electrons. The zero-order valence-corrected chi connectivity index (χ0v) is 24.6. The number of anilines is 1. The van der Waals surface area contributed by atoms with Crippen molar-refractivity contribution >= 4 is 27.5 Å². The fourth-order valence-corrected chi connectivity index (χ4v) is 5.14. The molecular weight excluding hydrogens is 526 g/mol. The second-order valence-electron chi connectivity index (χ2n) is 10.0. The molecule has 0 aliphatic heterocycles. The monoisotopic (exact) mass is 565 g/mol. The first-order chi connectivity index (χ1) is 19.0. The molecule has 8 nitrogen and oxygen atoms in total. The smallest absolute Gasteiger partial charge is 0.244 e. The molecule has 0 aliphatic carbocycles. The molecule has 0 saturated carbocycles. The summed E-state index contributed by atoms with van der Waals surface area (Å²) in [5.41, 5.74) is 2.98. The normalized spacial score (nSPS) is 12.7. The number of hydrogen-bond donors (Lipinski definition) is 1. The maximum Gasteiger partial charge on any atom is 0.244 e. The summed E-state index contributed by atoms with van der Waals surface area (Å²) in [6.07, 6.45) is 2.06. The molecule has 214 valence electrons. The molecule has 1 N–H and O–H groups in total. The van der Waals surface area contributed by atoms with Crippen LogP contribution in [0.15, 0.2) is 78.9 Å². The van der Waals surface area contributed by atoms with Crippen LogP contribution >= 0.6 is 0 Å². The van der Waals surface area contributed by atoms with E-state index in [1.807, 2.05) is 63.2 Å². The largest absolute Gasteiger partial charge is 0.497 e. The summed E-state index contributed by atoms with van der Waals surface area (Å²) in [4.78, 5) is 29.3. The molecule has 0 heterocycles. The average Bonchev–Trinajstić information content (AvgIpc) is 2.94. The molecule has 2 amide bonds. The second kappa shape index (κ2) is 14.0. The van der Waals surface area contributed by atoms with Gasteiger partial charge in [0.25, 0.3) is 0 Å². The van der Waals surface area contributed by atoms with Crippen molar-refractivity contribution in [3.63, 3.8) is 0 Å². The summed E-state index contributed by atoms with van der Waals surface area (Å²) in [6.45, 7) is 5.43. The van der Waals surface area contributed by atoms with Crippen molar-refractivity contribution in [2.24, 2.45) is 0 Å². The van der Waals surface area contributed by atoms with Crippen LogP contribution in [0.5, 0.6) is 5.75 Å². The third-order valence-corrected chi connectivity index (χ3v) is 7.90. The van der Waals surface area contributed by atoms with Crippen LogP contribution in [0.4, 0.5) is 5.69 Å². The van der Waals surface area contributed by atoms with Crippen molar-refractivity contribution in [2.45, 2.75) is 52.2 Å². The maximum absolute atomic E-state index is 14.1. The van der Waals surface area contributed by atoms with Crippen molar-refractivity contribution < 1.29 is 22.7 Å². The van der Waals surface area contributed by atoms with Gasteiger partial charge in [0.15, 0.2) is 0 Å². The average molecular weight is 566 g/mol. The van der Waals surface area contributed by atoms with Gasteiger partial charge >= 0.3 is 0 Å². The minimum Gasteiger partial charge on any atom is -0.497 e. The van der Waals surface area contributed by atoms with Crippen LogP contribution in [-0.2, 0) is 32.6 Å².